The fourth-order valence-corrected chi connectivity index (χ4v) is 1.66. The quantitative estimate of drug-likeness (QED) is 0.690. The van der Waals surface area contributed by atoms with E-state index in [0.29, 0.717) is 13.2 Å². The van der Waals surface area contributed by atoms with Crippen LogP contribution in [-0.4, -0.2) is 43.2 Å². The van der Waals surface area contributed by atoms with Gasteiger partial charge in [-0.2, -0.15) is 0 Å². The highest BCUT2D eigenvalue weighted by atomic mass is 16.5. The molecule has 0 aliphatic heterocycles. The molecule has 0 bridgehead atoms. The second-order valence-corrected chi connectivity index (χ2v) is 3.82. The van der Waals surface area contributed by atoms with Crippen LogP contribution in [0.25, 0.3) is 0 Å². The average molecular weight is 216 g/mol. The summed E-state index contributed by atoms with van der Waals surface area (Å²) < 4.78 is 5.04. The molecular formula is C11H24N2O2. The molecule has 0 heterocycles. The van der Waals surface area contributed by atoms with Gasteiger partial charge in [0.1, 0.15) is 0 Å². The summed E-state index contributed by atoms with van der Waals surface area (Å²) in [4.78, 5) is 13.7. The Hall–Kier alpha value is -0.610. The number of nitrogens with two attached hydrogens (primary N) is 1. The fourth-order valence-electron chi connectivity index (χ4n) is 1.66. The molecule has 0 rings (SSSR count). The maximum absolute atomic E-state index is 11.9. The van der Waals surface area contributed by atoms with E-state index in [1.807, 2.05) is 20.8 Å². The summed E-state index contributed by atoms with van der Waals surface area (Å²) in [5, 5.41) is 0. The summed E-state index contributed by atoms with van der Waals surface area (Å²) in [6.45, 7) is 7.20. The van der Waals surface area contributed by atoms with E-state index in [1.165, 1.54) is 0 Å². The second kappa shape index (κ2) is 7.65. The zero-order valence-electron chi connectivity index (χ0n) is 10.3. The van der Waals surface area contributed by atoms with Crippen LogP contribution in [0, 0.1) is 0 Å². The van der Waals surface area contributed by atoms with Gasteiger partial charge in [0.15, 0.2) is 0 Å². The Morgan fingerprint density at radius 2 is 2.07 bits per heavy atom. The van der Waals surface area contributed by atoms with Gasteiger partial charge in [-0.05, 0) is 20.3 Å². The van der Waals surface area contributed by atoms with E-state index in [1.54, 1.807) is 12.0 Å². The van der Waals surface area contributed by atoms with Gasteiger partial charge in [0.05, 0.1) is 18.7 Å². The fraction of sp³-hybridized carbons (Fsp3) is 0.909. The summed E-state index contributed by atoms with van der Waals surface area (Å²) in [6, 6.07) is -0.273. The van der Waals surface area contributed by atoms with Crippen molar-refractivity contribution in [1.82, 2.24) is 4.90 Å². The molecule has 0 aromatic rings. The number of rotatable bonds is 7. The molecule has 90 valence electrons. The lowest BCUT2D eigenvalue weighted by Crippen LogP contribution is -2.48. The van der Waals surface area contributed by atoms with Gasteiger partial charge in [0.2, 0.25) is 5.91 Å². The van der Waals surface area contributed by atoms with Crippen molar-refractivity contribution in [3.8, 4) is 0 Å². The predicted octanol–water partition coefficient (Wildman–Crippen LogP) is 0.997. The molecule has 0 aromatic heterocycles. The van der Waals surface area contributed by atoms with Crippen LogP contribution in [0.4, 0.5) is 0 Å². The van der Waals surface area contributed by atoms with Gasteiger partial charge >= 0.3 is 0 Å². The maximum atomic E-state index is 11.9. The molecule has 0 spiro atoms. The summed E-state index contributed by atoms with van der Waals surface area (Å²) in [6.07, 6.45) is 1.68. The predicted molar refractivity (Wildman–Crippen MR) is 61.6 cm³/mol. The molecule has 0 saturated heterocycles. The molecule has 0 saturated carbocycles. The van der Waals surface area contributed by atoms with Crippen molar-refractivity contribution in [1.29, 1.82) is 0 Å². The first-order valence-electron chi connectivity index (χ1n) is 5.63. The van der Waals surface area contributed by atoms with Crippen LogP contribution in [0.1, 0.15) is 33.6 Å². The average Bonchev–Trinajstić information content (AvgIpc) is 2.19. The molecule has 0 fully saturated rings. The van der Waals surface area contributed by atoms with Crippen molar-refractivity contribution in [2.24, 2.45) is 5.73 Å². The minimum Gasteiger partial charge on any atom is -0.383 e. The first kappa shape index (κ1) is 14.4. The second-order valence-electron chi connectivity index (χ2n) is 3.82. The molecule has 4 heteroatoms. The van der Waals surface area contributed by atoms with E-state index in [0.717, 1.165) is 12.8 Å². The van der Waals surface area contributed by atoms with E-state index in [9.17, 15) is 4.79 Å². The molecule has 15 heavy (non-hydrogen) atoms. The third kappa shape index (κ3) is 4.62. The minimum atomic E-state index is -0.366. The highest BCUT2D eigenvalue weighted by Crippen LogP contribution is 2.05. The van der Waals surface area contributed by atoms with Crippen molar-refractivity contribution >= 4 is 5.91 Å². The number of carbonyl (C=O) groups excluding carboxylic acids is 1. The van der Waals surface area contributed by atoms with Gasteiger partial charge in [-0.25, -0.2) is 0 Å². The largest absolute Gasteiger partial charge is 0.383 e. The smallest absolute Gasteiger partial charge is 0.239 e. The van der Waals surface area contributed by atoms with Gasteiger partial charge < -0.3 is 15.4 Å². The van der Waals surface area contributed by atoms with Crippen molar-refractivity contribution in [2.45, 2.75) is 45.7 Å². The Kier molecular flexibility index (Phi) is 7.34. The summed E-state index contributed by atoms with van der Waals surface area (Å²) in [5.41, 5.74) is 5.81. The lowest BCUT2D eigenvalue weighted by molar-refractivity contribution is -0.135. The topological polar surface area (TPSA) is 55.6 Å². The van der Waals surface area contributed by atoms with Crippen molar-refractivity contribution in [3.63, 3.8) is 0 Å². The highest BCUT2D eigenvalue weighted by Gasteiger charge is 2.23. The Labute approximate surface area is 92.8 Å². The third-order valence-corrected chi connectivity index (χ3v) is 2.48. The molecule has 2 atom stereocenters. The normalized spacial score (nSPS) is 14.7. The van der Waals surface area contributed by atoms with Crippen molar-refractivity contribution in [3.05, 3.63) is 0 Å². The van der Waals surface area contributed by atoms with E-state index in [4.69, 9.17) is 10.5 Å². The maximum Gasteiger partial charge on any atom is 0.239 e. The van der Waals surface area contributed by atoms with Crippen LogP contribution >= 0.6 is 0 Å². The molecule has 1 unspecified atom stereocenters. The molecule has 0 aliphatic carbocycles. The number of hydrogen-bond donors (Lipinski definition) is 1. The van der Waals surface area contributed by atoms with Crippen molar-refractivity contribution in [2.75, 3.05) is 20.3 Å². The Bertz CT molecular complexity index is 185. The number of ether oxygens (including phenoxy) is 1. The number of hydrogen-bond acceptors (Lipinski definition) is 3. The number of nitrogens with zero attached hydrogens (tertiary/aromatic N) is 1. The summed E-state index contributed by atoms with van der Waals surface area (Å²) in [7, 11) is 1.64. The van der Waals surface area contributed by atoms with Crippen LogP contribution in [-0.2, 0) is 9.53 Å². The zero-order valence-corrected chi connectivity index (χ0v) is 10.3. The SMILES string of the molecule is CCC[C@H](N)C(=O)N(CC)C(C)COC. The van der Waals surface area contributed by atoms with Crippen molar-refractivity contribution < 1.29 is 9.53 Å². The lowest BCUT2D eigenvalue weighted by atomic mass is 10.1. The first-order chi connectivity index (χ1) is 7.08. The van der Waals surface area contributed by atoms with Crippen LogP contribution in [0.2, 0.25) is 0 Å². The number of likely N-dealkylation sites (N-methyl/N-ethyl adjacent to an activating group) is 1. The van der Waals surface area contributed by atoms with E-state index in [2.05, 4.69) is 0 Å². The van der Waals surface area contributed by atoms with Crippen LogP contribution < -0.4 is 5.73 Å². The van der Waals surface area contributed by atoms with Gasteiger partial charge in [-0.15, -0.1) is 0 Å². The highest BCUT2D eigenvalue weighted by molar-refractivity contribution is 5.81. The van der Waals surface area contributed by atoms with Gasteiger partial charge in [0, 0.05) is 13.7 Å². The van der Waals surface area contributed by atoms with E-state index >= 15 is 0 Å². The summed E-state index contributed by atoms with van der Waals surface area (Å²) >= 11 is 0. The number of carbonyl (C=O) groups is 1. The van der Waals surface area contributed by atoms with E-state index < -0.39 is 0 Å². The monoisotopic (exact) mass is 216 g/mol. The first-order valence-corrected chi connectivity index (χ1v) is 5.63. The molecular weight excluding hydrogens is 192 g/mol. The Morgan fingerprint density at radius 1 is 1.47 bits per heavy atom. The third-order valence-electron chi connectivity index (χ3n) is 2.48. The molecule has 0 radical (unpaired) electrons. The van der Waals surface area contributed by atoms with Crippen LogP contribution in [0.5, 0.6) is 0 Å². The summed E-state index contributed by atoms with van der Waals surface area (Å²) in [5.74, 6) is 0.0314. The Morgan fingerprint density at radius 3 is 2.47 bits per heavy atom. The van der Waals surface area contributed by atoms with Crippen LogP contribution in [0.15, 0.2) is 0 Å². The van der Waals surface area contributed by atoms with E-state index in [-0.39, 0.29) is 18.0 Å². The van der Waals surface area contributed by atoms with Gasteiger partial charge in [-0.3, -0.25) is 4.79 Å². The van der Waals surface area contributed by atoms with Gasteiger partial charge in [0.25, 0.3) is 0 Å². The molecule has 2 N–H and O–H groups in total. The number of amides is 1. The van der Waals surface area contributed by atoms with Crippen LogP contribution in [0.3, 0.4) is 0 Å². The molecule has 4 nitrogen and oxygen atoms in total. The number of methoxy groups -OCH3 is 1. The van der Waals surface area contributed by atoms with Gasteiger partial charge in [-0.1, -0.05) is 13.3 Å². The molecule has 0 aliphatic rings. The molecule has 1 amide bonds. The lowest BCUT2D eigenvalue weighted by Gasteiger charge is -2.29. The standard InChI is InChI=1S/C11H24N2O2/c1-5-7-10(12)11(14)13(6-2)9(3)8-15-4/h9-10H,5-8,12H2,1-4H3/t9?,10-/m0/s1. The molecule has 0 aromatic carbocycles. The zero-order chi connectivity index (χ0) is 11.8. The minimum absolute atomic E-state index is 0.0314. The Balaban J connectivity index is 4.32.